The van der Waals surface area contributed by atoms with E-state index >= 15 is 0 Å². The predicted molar refractivity (Wildman–Crippen MR) is 37.1 cm³/mol. The molecule has 1 N–H and O–H groups in total. The van der Waals surface area contributed by atoms with Gasteiger partial charge in [-0.1, -0.05) is 19.2 Å². The Labute approximate surface area is 47.1 Å². The van der Waals surface area contributed by atoms with Crippen molar-refractivity contribution in [3.63, 3.8) is 0 Å². The molecule has 0 bridgehead atoms. The molecule has 0 fully saturated rings. The lowest BCUT2D eigenvalue weighted by molar-refractivity contribution is 1.07. The molecule has 0 atom stereocenters. The van der Waals surface area contributed by atoms with Crippen LogP contribution in [-0.4, -0.2) is 15.5 Å². The maximum absolute atomic E-state index is 3.59. The summed E-state index contributed by atoms with van der Waals surface area (Å²) in [5, 5.41) is 0. The maximum atomic E-state index is 3.59. The highest BCUT2D eigenvalue weighted by atomic mass is 28.3. The van der Waals surface area contributed by atoms with Crippen LogP contribution in [0.5, 0.6) is 0 Å². The summed E-state index contributed by atoms with van der Waals surface area (Å²) in [7, 11) is -0.509. The highest BCUT2D eigenvalue weighted by molar-refractivity contribution is 6.52. The van der Waals surface area contributed by atoms with E-state index in [1.54, 1.807) is 0 Å². The lowest BCUT2D eigenvalue weighted by Gasteiger charge is -1.99. The smallest absolute Gasteiger partial charge is 0.102 e. The lowest BCUT2D eigenvalue weighted by Crippen LogP contribution is -2.26. The minimum Gasteiger partial charge on any atom is -0.337 e. The Bertz CT molecular complexity index is 52.0. The third-order valence-corrected chi connectivity index (χ3v) is 1.72. The molecule has 0 amide bonds. The van der Waals surface area contributed by atoms with Gasteiger partial charge in [0.2, 0.25) is 0 Å². The molecule has 0 radical (unpaired) electrons. The van der Waals surface area contributed by atoms with Crippen LogP contribution in [0.15, 0.2) is 12.7 Å². The molecule has 0 heterocycles. The number of hydrogen-bond acceptors (Lipinski definition) is 1. The molecule has 0 aliphatic carbocycles. The van der Waals surface area contributed by atoms with Crippen LogP contribution in [0.1, 0.15) is 0 Å². The van der Waals surface area contributed by atoms with E-state index in [0.29, 0.717) is 0 Å². The van der Waals surface area contributed by atoms with Crippen LogP contribution >= 0.6 is 0 Å². The highest BCUT2D eigenvalue weighted by Gasteiger charge is 1.86. The summed E-state index contributed by atoms with van der Waals surface area (Å²) < 4.78 is 0. The van der Waals surface area contributed by atoms with Gasteiger partial charge in [-0.2, -0.15) is 0 Å². The van der Waals surface area contributed by atoms with Gasteiger partial charge in [-0.25, -0.2) is 0 Å². The van der Waals surface area contributed by atoms with Crippen molar-refractivity contribution in [3.8, 4) is 0 Å². The third kappa shape index (κ3) is 5.92. The van der Waals surface area contributed by atoms with Gasteiger partial charge in [0.05, 0.1) is 0 Å². The Kier molecular flexibility index (Phi) is 4.04. The van der Waals surface area contributed by atoms with E-state index in [2.05, 4.69) is 24.7 Å². The van der Waals surface area contributed by atoms with E-state index in [-0.39, 0.29) is 0 Å². The molecule has 1 nitrogen and oxygen atoms in total. The van der Waals surface area contributed by atoms with Gasteiger partial charge in [-0.15, -0.1) is 6.58 Å². The van der Waals surface area contributed by atoms with Gasteiger partial charge in [0.25, 0.3) is 0 Å². The molecule has 7 heavy (non-hydrogen) atoms. The SMILES string of the molecule is C=CCN[SiH](C)C. The fourth-order valence-electron chi connectivity index (χ4n) is 0.319. The molecule has 0 aliphatic rings. The van der Waals surface area contributed by atoms with Gasteiger partial charge in [0, 0.05) is 6.54 Å². The second-order valence-corrected chi connectivity index (χ2v) is 4.57. The summed E-state index contributed by atoms with van der Waals surface area (Å²) >= 11 is 0. The van der Waals surface area contributed by atoms with Gasteiger partial charge in [0.1, 0.15) is 8.96 Å². The van der Waals surface area contributed by atoms with Crippen molar-refractivity contribution in [3.05, 3.63) is 12.7 Å². The first-order valence-electron chi connectivity index (χ1n) is 2.61. The second kappa shape index (κ2) is 4.09. The van der Waals surface area contributed by atoms with Crippen molar-refractivity contribution in [2.75, 3.05) is 6.54 Å². The van der Waals surface area contributed by atoms with Crippen LogP contribution in [0.25, 0.3) is 0 Å². The van der Waals surface area contributed by atoms with Gasteiger partial charge in [-0.05, 0) is 0 Å². The number of hydrogen-bond donors (Lipinski definition) is 1. The minimum absolute atomic E-state index is 0.509. The van der Waals surface area contributed by atoms with E-state index in [1.807, 2.05) is 6.08 Å². The Morgan fingerprint density at radius 2 is 2.29 bits per heavy atom. The van der Waals surface area contributed by atoms with E-state index in [9.17, 15) is 0 Å². The van der Waals surface area contributed by atoms with Crippen molar-refractivity contribution >= 4 is 8.96 Å². The molecule has 42 valence electrons. The van der Waals surface area contributed by atoms with Gasteiger partial charge < -0.3 is 4.98 Å². The molecular formula is C5H13NSi. The monoisotopic (exact) mass is 115 g/mol. The van der Waals surface area contributed by atoms with E-state index in [1.165, 1.54) is 0 Å². The standard InChI is InChI=1S/C5H13NSi/c1-4-5-6-7(2)3/h4,6-7H,1,5H2,2-3H3. The molecule has 0 aromatic rings. The summed E-state index contributed by atoms with van der Waals surface area (Å²) in [6, 6.07) is 0. The fourth-order valence-corrected chi connectivity index (χ4v) is 0.957. The molecule has 2 heteroatoms. The first-order chi connectivity index (χ1) is 3.27. The third-order valence-electron chi connectivity index (χ3n) is 0.670. The average Bonchev–Trinajstić information content (AvgIpc) is 1.61. The normalized spacial score (nSPS) is 9.57. The largest absolute Gasteiger partial charge is 0.337 e. The zero-order valence-corrected chi connectivity index (χ0v) is 6.22. The Morgan fingerprint density at radius 1 is 1.71 bits per heavy atom. The molecule has 0 saturated heterocycles. The van der Waals surface area contributed by atoms with Gasteiger partial charge in [0.15, 0.2) is 0 Å². The Balaban J connectivity index is 2.81. The number of rotatable bonds is 3. The Morgan fingerprint density at radius 3 is 2.43 bits per heavy atom. The van der Waals surface area contributed by atoms with E-state index < -0.39 is 8.96 Å². The summed E-state index contributed by atoms with van der Waals surface area (Å²) in [6.45, 7) is 9.08. The van der Waals surface area contributed by atoms with Gasteiger partial charge >= 0.3 is 0 Å². The Hall–Kier alpha value is -0.0831. The van der Waals surface area contributed by atoms with Crippen LogP contribution in [0.2, 0.25) is 13.1 Å². The highest BCUT2D eigenvalue weighted by Crippen LogP contribution is 1.68. The van der Waals surface area contributed by atoms with Gasteiger partial charge in [-0.3, -0.25) is 0 Å². The van der Waals surface area contributed by atoms with E-state index in [0.717, 1.165) is 6.54 Å². The van der Waals surface area contributed by atoms with Crippen LogP contribution in [0, 0.1) is 0 Å². The van der Waals surface area contributed by atoms with Crippen molar-refractivity contribution in [2.24, 2.45) is 0 Å². The summed E-state index contributed by atoms with van der Waals surface area (Å²) in [6.07, 6.45) is 1.90. The zero-order chi connectivity index (χ0) is 5.70. The minimum atomic E-state index is -0.509. The fraction of sp³-hybridized carbons (Fsp3) is 0.600. The van der Waals surface area contributed by atoms with Crippen molar-refractivity contribution in [1.29, 1.82) is 0 Å². The van der Waals surface area contributed by atoms with E-state index in [4.69, 9.17) is 0 Å². The quantitative estimate of drug-likeness (QED) is 0.423. The average molecular weight is 115 g/mol. The summed E-state index contributed by atoms with van der Waals surface area (Å²) in [5.41, 5.74) is 0. The first-order valence-corrected chi connectivity index (χ1v) is 5.50. The molecule has 0 aliphatic heterocycles. The van der Waals surface area contributed by atoms with Crippen molar-refractivity contribution in [2.45, 2.75) is 13.1 Å². The molecule has 0 saturated carbocycles. The summed E-state index contributed by atoms with van der Waals surface area (Å²) in [4.78, 5) is 3.32. The van der Waals surface area contributed by atoms with Crippen LogP contribution in [0.3, 0.4) is 0 Å². The predicted octanol–water partition coefficient (Wildman–Crippen LogP) is 0.745. The second-order valence-electron chi connectivity index (χ2n) is 1.85. The van der Waals surface area contributed by atoms with Crippen LogP contribution in [0.4, 0.5) is 0 Å². The van der Waals surface area contributed by atoms with Crippen molar-refractivity contribution in [1.82, 2.24) is 4.98 Å². The topological polar surface area (TPSA) is 12.0 Å². The molecule has 0 spiro atoms. The number of nitrogens with one attached hydrogen (secondary N) is 1. The first kappa shape index (κ1) is 6.92. The molecule has 0 rings (SSSR count). The molecule has 0 aromatic carbocycles. The van der Waals surface area contributed by atoms with Crippen molar-refractivity contribution < 1.29 is 0 Å². The zero-order valence-electron chi connectivity index (χ0n) is 5.07. The maximum Gasteiger partial charge on any atom is 0.102 e. The summed E-state index contributed by atoms with van der Waals surface area (Å²) in [5.74, 6) is 0. The lowest BCUT2D eigenvalue weighted by atomic mass is 10.7. The molecule has 0 aromatic heterocycles. The van der Waals surface area contributed by atoms with Crippen LogP contribution in [-0.2, 0) is 0 Å². The van der Waals surface area contributed by atoms with Crippen LogP contribution < -0.4 is 4.98 Å². The molecular weight excluding hydrogens is 102 g/mol. The molecule has 0 unspecified atom stereocenters.